The van der Waals surface area contributed by atoms with E-state index in [4.69, 9.17) is 4.74 Å². The molecule has 1 saturated carbocycles. The molecule has 0 amide bonds. The Labute approximate surface area is 110 Å². The second-order valence-electron chi connectivity index (χ2n) is 5.52. The highest BCUT2D eigenvalue weighted by atomic mass is 16.5. The van der Waals surface area contributed by atoms with Gasteiger partial charge in [0.2, 0.25) is 0 Å². The zero-order chi connectivity index (χ0) is 12.8. The molecule has 1 aliphatic carbocycles. The molecule has 2 aliphatic rings. The van der Waals surface area contributed by atoms with Crippen molar-refractivity contribution in [1.82, 2.24) is 10.2 Å². The van der Waals surface area contributed by atoms with Crippen LogP contribution in [0.5, 0.6) is 0 Å². The first kappa shape index (κ1) is 13.8. The van der Waals surface area contributed by atoms with Crippen molar-refractivity contribution < 1.29 is 9.53 Å². The molecule has 104 valence electrons. The van der Waals surface area contributed by atoms with E-state index in [1.165, 1.54) is 45.6 Å². The zero-order valence-corrected chi connectivity index (χ0v) is 11.5. The Morgan fingerprint density at radius 1 is 1.28 bits per heavy atom. The number of nitrogens with zero attached hydrogens (tertiary/aromatic N) is 1. The average molecular weight is 254 g/mol. The van der Waals surface area contributed by atoms with E-state index in [9.17, 15) is 4.79 Å². The Hall–Kier alpha value is -0.610. The van der Waals surface area contributed by atoms with Gasteiger partial charge in [-0.15, -0.1) is 0 Å². The summed E-state index contributed by atoms with van der Waals surface area (Å²) in [4.78, 5) is 14.1. The Balaban J connectivity index is 1.95. The fourth-order valence-corrected chi connectivity index (χ4v) is 3.31. The Morgan fingerprint density at radius 2 is 2.00 bits per heavy atom. The number of rotatable bonds is 3. The molecule has 1 heterocycles. The van der Waals surface area contributed by atoms with Gasteiger partial charge < -0.3 is 10.1 Å². The Bertz CT molecular complexity index is 263. The summed E-state index contributed by atoms with van der Waals surface area (Å²) in [5.41, 5.74) is 0. The minimum Gasteiger partial charge on any atom is -0.469 e. The van der Waals surface area contributed by atoms with E-state index >= 15 is 0 Å². The molecule has 2 rings (SSSR count). The zero-order valence-electron chi connectivity index (χ0n) is 11.5. The monoisotopic (exact) mass is 254 g/mol. The molecule has 1 unspecified atom stereocenters. The molecule has 0 aromatic rings. The predicted octanol–water partition coefficient (Wildman–Crippen LogP) is 1.55. The molecule has 0 aromatic carbocycles. The number of hydrogen-bond donors (Lipinski definition) is 1. The average Bonchev–Trinajstić information content (AvgIpc) is 2.68. The molecule has 0 radical (unpaired) electrons. The van der Waals surface area contributed by atoms with Gasteiger partial charge in [-0.2, -0.15) is 0 Å². The second kappa shape index (κ2) is 7.10. The summed E-state index contributed by atoms with van der Waals surface area (Å²) in [6, 6.07) is 1.01. The summed E-state index contributed by atoms with van der Waals surface area (Å²) in [5, 5.41) is 3.40. The fourth-order valence-electron chi connectivity index (χ4n) is 3.31. The first-order chi connectivity index (χ1) is 8.81. The third-order valence-corrected chi connectivity index (χ3v) is 4.32. The lowest BCUT2D eigenvalue weighted by Crippen LogP contribution is -2.55. The minimum absolute atomic E-state index is 0.0812. The number of esters is 1. The number of ether oxygens (including phenoxy) is 1. The van der Waals surface area contributed by atoms with E-state index in [2.05, 4.69) is 10.2 Å². The van der Waals surface area contributed by atoms with Crippen LogP contribution in [0.25, 0.3) is 0 Å². The van der Waals surface area contributed by atoms with Gasteiger partial charge in [0.1, 0.15) is 0 Å². The van der Waals surface area contributed by atoms with Crippen molar-refractivity contribution >= 4 is 5.97 Å². The molecule has 1 saturated heterocycles. The molecule has 1 N–H and O–H groups in total. The van der Waals surface area contributed by atoms with E-state index < -0.39 is 0 Å². The van der Waals surface area contributed by atoms with Crippen LogP contribution in [0.15, 0.2) is 0 Å². The lowest BCUT2D eigenvalue weighted by atomic mass is 10.0. The first-order valence-electron chi connectivity index (χ1n) is 7.34. The van der Waals surface area contributed by atoms with Crippen LogP contribution in [0.4, 0.5) is 0 Å². The van der Waals surface area contributed by atoms with Crippen LogP contribution in [0.3, 0.4) is 0 Å². The lowest BCUT2D eigenvalue weighted by Gasteiger charge is -2.41. The summed E-state index contributed by atoms with van der Waals surface area (Å²) in [7, 11) is 1.48. The summed E-state index contributed by atoms with van der Waals surface area (Å²) in [5.74, 6) is -0.0812. The van der Waals surface area contributed by atoms with Crippen molar-refractivity contribution in [2.45, 2.75) is 57.0 Å². The van der Waals surface area contributed by atoms with Crippen LogP contribution in [0.1, 0.15) is 44.9 Å². The van der Waals surface area contributed by atoms with Crippen LogP contribution in [0, 0.1) is 0 Å². The molecule has 0 spiro atoms. The highest BCUT2D eigenvalue weighted by Gasteiger charge is 2.30. The largest absolute Gasteiger partial charge is 0.469 e. The molecular weight excluding hydrogens is 228 g/mol. The van der Waals surface area contributed by atoms with E-state index in [1.807, 2.05) is 0 Å². The molecule has 4 nitrogen and oxygen atoms in total. The van der Waals surface area contributed by atoms with Crippen molar-refractivity contribution in [1.29, 1.82) is 0 Å². The van der Waals surface area contributed by atoms with Gasteiger partial charge in [0.15, 0.2) is 0 Å². The Kier molecular flexibility index (Phi) is 5.45. The van der Waals surface area contributed by atoms with Gasteiger partial charge in [0, 0.05) is 31.7 Å². The van der Waals surface area contributed by atoms with Gasteiger partial charge in [-0.05, 0) is 12.8 Å². The predicted molar refractivity (Wildman–Crippen MR) is 71.5 cm³/mol. The van der Waals surface area contributed by atoms with Gasteiger partial charge in [0.05, 0.1) is 13.5 Å². The first-order valence-corrected chi connectivity index (χ1v) is 7.34. The maximum Gasteiger partial charge on any atom is 0.307 e. The van der Waals surface area contributed by atoms with Crippen LogP contribution in [-0.2, 0) is 9.53 Å². The van der Waals surface area contributed by atoms with E-state index in [0.717, 1.165) is 19.6 Å². The summed E-state index contributed by atoms with van der Waals surface area (Å²) in [6.07, 6.45) is 8.59. The number of piperazine rings is 1. The minimum atomic E-state index is -0.0812. The number of carbonyl (C=O) groups is 1. The molecule has 18 heavy (non-hydrogen) atoms. The SMILES string of the molecule is COC(=O)CC1CNCCN1C1CCCCCC1. The molecule has 0 aromatic heterocycles. The van der Waals surface area contributed by atoms with Gasteiger partial charge in [-0.1, -0.05) is 25.7 Å². The summed E-state index contributed by atoms with van der Waals surface area (Å²) < 4.78 is 4.82. The smallest absolute Gasteiger partial charge is 0.307 e. The highest BCUT2D eigenvalue weighted by Crippen LogP contribution is 2.25. The van der Waals surface area contributed by atoms with E-state index in [-0.39, 0.29) is 5.97 Å². The lowest BCUT2D eigenvalue weighted by molar-refractivity contribution is -0.142. The molecule has 1 atom stereocenters. The summed E-state index contributed by atoms with van der Waals surface area (Å²) >= 11 is 0. The number of carbonyl (C=O) groups excluding carboxylic acids is 1. The molecule has 4 heteroatoms. The highest BCUT2D eigenvalue weighted by molar-refractivity contribution is 5.70. The Morgan fingerprint density at radius 3 is 2.67 bits per heavy atom. The van der Waals surface area contributed by atoms with Crippen molar-refractivity contribution in [2.75, 3.05) is 26.7 Å². The van der Waals surface area contributed by atoms with Crippen molar-refractivity contribution in [2.24, 2.45) is 0 Å². The van der Waals surface area contributed by atoms with Crippen LogP contribution in [-0.4, -0.2) is 49.7 Å². The van der Waals surface area contributed by atoms with Gasteiger partial charge in [0.25, 0.3) is 0 Å². The van der Waals surface area contributed by atoms with Crippen molar-refractivity contribution in [3.8, 4) is 0 Å². The van der Waals surface area contributed by atoms with Crippen LogP contribution in [0.2, 0.25) is 0 Å². The van der Waals surface area contributed by atoms with Crippen LogP contribution >= 0.6 is 0 Å². The van der Waals surface area contributed by atoms with Gasteiger partial charge >= 0.3 is 5.97 Å². The standard InChI is InChI=1S/C14H26N2O2/c1-18-14(17)10-13-11-15-8-9-16(13)12-6-4-2-3-5-7-12/h12-13,15H,2-11H2,1H3. The maximum atomic E-state index is 11.5. The number of hydrogen-bond acceptors (Lipinski definition) is 4. The van der Waals surface area contributed by atoms with E-state index in [0.29, 0.717) is 18.5 Å². The molecule has 0 bridgehead atoms. The maximum absolute atomic E-state index is 11.5. The number of methoxy groups -OCH3 is 1. The quantitative estimate of drug-likeness (QED) is 0.613. The molecular formula is C14H26N2O2. The topological polar surface area (TPSA) is 41.6 Å². The van der Waals surface area contributed by atoms with E-state index in [1.54, 1.807) is 0 Å². The fraction of sp³-hybridized carbons (Fsp3) is 0.929. The molecule has 2 fully saturated rings. The molecule has 1 aliphatic heterocycles. The van der Waals surface area contributed by atoms with Crippen molar-refractivity contribution in [3.63, 3.8) is 0 Å². The third-order valence-electron chi connectivity index (χ3n) is 4.32. The van der Waals surface area contributed by atoms with Gasteiger partial charge in [-0.25, -0.2) is 0 Å². The normalized spacial score (nSPS) is 27.7. The number of nitrogens with one attached hydrogen (secondary N) is 1. The third kappa shape index (κ3) is 3.69. The van der Waals surface area contributed by atoms with Crippen molar-refractivity contribution in [3.05, 3.63) is 0 Å². The summed E-state index contributed by atoms with van der Waals surface area (Å²) in [6.45, 7) is 3.05. The van der Waals surface area contributed by atoms with Gasteiger partial charge in [-0.3, -0.25) is 9.69 Å². The second-order valence-corrected chi connectivity index (χ2v) is 5.52. The van der Waals surface area contributed by atoms with Crippen LogP contribution < -0.4 is 5.32 Å².